The van der Waals surface area contributed by atoms with Gasteiger partial charge in [0, 0.05) is 25.5 Å². The van der Waals surface area contributed by atoms with Crippen LogP contribution in [0.3, 0.4) is 0 Å². The first-order valence-electron chi connectivity index (χ1n) is 10.9. The number of morpholine rings is 1. The molecule has 0 radical (unpaired) electrons. The number of hydrogen-bond donors (Lipinski definition) is 1. The number of nitriles is 1. The van der Waals surface area contributed by atoms with E-state index in [1.807, 2.05) is 18.0 Å². The van der Waals surface area contributed by atoms with Gasteiger partial charge in [-0.05, 0) is 32.0 Å². The number of alkyl halides is 4. The Morgan fingerprint density at radius 3 is 2.56 bits per heavy atom. The summed E-state index contributed by atoms with van der Waals surface area (Å²) in [6, 6.07) is 4.92. The molecule has 0 spiro atoms. The summed E-state index contributed by atoms with van der Waals surface area (Å²) < 4.78 is 61.1. The predicted molar refractivity (Wildman–Crippen MR) is 115 cm³/mol. The number of nitrogens with zero attached hydrogens (tertiary/aromatic N) is 5. The van der Waals surface area contributed by atoms with Crippen LogP contribution in [0.5, 0.6) is 0 Å². The molecule has 0 aliphatic carbocycles. The smallest absolute Gasteiger partial charge is 0.364 e. The lowest BCUT2D eigenvalue weighted by atomic mass is 9.93. The number of carbonyl (C=O) groups is 1. The van der Waals surface area contributed by atoms with E-state index in [1.54, 1.807) is 0 Å². The molecule has 4 rings (SSSR count). The number of benzene rings is 1. The van der Waals surface area contributed by atoms with Crippen molar-refractivity contribution in [1.29, 1.82) is 5.26 Å². The van der Waals surface area contributed by atoms with Gasteiger partial charge < -0.3 is 19.9 Å². The SMILES string of the molecule is CN1CCC(F)(CNC(=O)[C@@H]2CN(c3ccc(C#N)c4nccnc34)C[C@H](C(F)(F)F)O2)CC1. The van der Waals surface area contributed by atoms with Crippen LogP contribution >= 0.6 is 0 Å². The lowest BCUT2D eigenvalue weighted by Crippen LogP contribution is -2.58. The zero-order chi connectivity index (χ0) is 24.5. The number of halogens is 4. The number of nitrogens with one attached hydrogen (secondary N) is 1. The highest BCUT2D eigenvalue weighted by molar-refractivity contribution is 5.92. The van der Waals surface area contributed by atoms with Crippen molar-refractivity contribution in [1.82, 2.24) is 20.2 Å². The maximum Gasteiger partial charge on any atom is 0.416 e. The largest absolute Gasteiger partial charge is 0.416 e. The third-order valence-corrected chi connectivity index (χ3v) is 6.29. The summed E-state index contributed by atoms with van der Waals surface area (Å²) in [7, 11) is 1.87. The number of ether oxygens (including phenoxy) is 1. The molecular formula is C22H24F4N6O2. The molecule has 1 amide bonds. The molecule has 0 unspecified atom stereocenters. The monoisotopic (exact) mass is 480 g/mol. The Bertz CT molecular complexity index is 1100. The third-order valence-electron chi connectivity index (χ3n) is 6.29. The maximum atomic E-state index is 15.0. The summed E-state index contributed by atoms with van der Waals surface area (Å²) in [5, 5.41) is 11.8. The Balaban J connectivity index is 1.56. The van der Waals surface area contributed by atoms with Gasteiger partial charge in [0.2, 0.25) is 0 Å². The first-order valence-corrected chi connectivity index (χ1v) is 10.9. The van der Waals surface area contributed by atoms with Crippen molar-refractivity contribution in [2.24, 2.45) is 0 Å². The Morgan fingerprint density at radius 1 is 1.24 bits per heavy atom. The van der Waals surface area contributed by atoms with Crippen molar-refractivity contribution in [2.75, 3.05) is 44.7 Å². The van der Waals surface area contributed by atoms with E-state index in [0.717, 1.165) is 0 Å². The number of hydrogen-bond acceptors (Lipinski definition) is 7. The molecule has 34 heavy (non-hydrogen) atoms. The van der Waals surface area contributed by atoms with Gasteiger partial charge in [-0.2, -0.15) is 18.4 Å². The molecule has 8 nitrogen and oxygen atoms in total. The second-order valence-corrected chi connectivity index (χ2v) is 8.73. The molecule has 2 aliphatic heterocycles. The average molecular weight is 480 g/mol. The number of carbonyl (C=O) groups excluding carboxylic acids is 1. The highest BCUT2D eigenvalue weighted by atomic mass is 19.4. The summed E-state index contributed by atoms with van der Waals surface area (Å²) in [6.45, 7) is 0.00972. The van der Waals surface area contributed by atoms with E-state index >= 15 is 4.39 Å². The van der Waals surface area contributed by atoms with Crippen LogP contribution in [0.25, 0.3) is 11.0 Å². The second-order valence-electron chi connectivity index (χ2n) is 8.73. The van der Waals surface area contributed by atoms with E-state index in [4.69, 9.17) is 4.74 Å². The van der Waals surface area contributed by atoms with E-state index in [9.17, 15) is 23.2 Å². The quantitative estimate of drug-likeness (QED) is 0.671. The van der Waals surface area contributed by atoms with Crippen LogP contribution in [-0.4, -0.2) is 84.6 Å². The van der Waals surface area contributed by atoms with Crippen LogP contribution in [0.2, 0.25) is 0 Å². The molecule has 182 valence electrons. The van der Waals surface area contributed by atoms with Crippen LogP contribution in [0, 0.1) is 11.3 Å². The molecule has 12 heteroatoms. The van der Waals surface area contributed by atoms with Crippen LogP contribution < -0.4 is 10.2 Å². The zero-order valence-electron chi connectivity index (χ0n) is 18.5. The number of aromatic nitrogens is 2. The fourth-order valence-electron chi connectivity index (χ4n) is 4.22. The van der Waals surface area contributed by atoms with Gasteiger partial charge in [0.05, 0.1) is 30.9 Å². The van der Waals surface area contributed by atoms with E-state index in [2.05, 4.69) is 15.3 Å². The molecule has 2 aromatic rings. The van der Waals surface area contributed by atoms with Crippen molar-refractivity contribution < 1.29 is 27.1 Å². The minimum absolute atomic E-state index is 0.196. The molecule has 1 aromatic carbocycles. The Hall–Kier alpha value is -3.04. The normalized spacial score (nSPS) is 23.5. The fourth-order valence-corrected chi connectivity index (χ4v) is 4.22. The summed E-state index contributed by atoms with van der Waals surface area (Å²) in [4.78, 5) is 24.4. The first kappa shape index (κ1) is 24.1. The van der Waals surface area contributed by atoms with Gasteiger partial charge in [-0.15, -0.1) is 0 Å². The fraction of sp³-hybridized carbons (Fsp3) is 0.545. The van der Waals surface area contributed by atoms with E-state index in [1.165, 1.54) is 29.4 Å². The highest BCUT2D eigenvalue weighted by Gasteiger charge is 2.48. The van der Waals surface area contributed by atoms with E-state index < -0.39 is 36.5 Å². The minimum atomic E-state index is -4.72. The van der Waals surface area contributed by atoms with Gasteiger partial charge in [0.15, 0.2) is 12.2 Å². The van der Waals surface area contributed by atoms with Crippen molar-refractivity contribution in [3.63, 3.8) is 0 Å². The average Bonchev–Trinajstić information content (AvgIpc) is 2.83. The number of likely N-dealkylation sites (tertiary alicyclic amines) is 1. The van der Waals surface area contributed by atoms with Crippen molar-refractivity contribution in [2.45, 2.75) is 36.9 Å². The number of fused-ring (bicyclic) bond motifs is 1. The minimum Gasteiger partial charge on any atom is -0.364 e. The molecule has 2 atom stereocenters. The highest BCUT2D eigenvalue weighted by Crippen LogP contribution is 2.33. The maximum absolute atomic E-state index is 15.0. The third kappa shape index (κ3) is 5.05. The standard InChI is InChI=1S/C22H24F4N6O2/c1-31-8-4-21(23,5-9-31)13-30-20(33)16-11-32(12-17(34-16)22(24,25)26)15-3-2-14(10-27)18-19(15)29-7-6-28-18/h2-3,6-7,16-17H,4-5,8-9,11-13H2,1H3,(H,30,33)/t16-,17+/m0/s1. The van der Waals surface area contributed by atoms with Crippen molar-refractivity contribution in [3.8, 4) is 6.07 Å². The Morgan fingerprint density at radius 2 is 1.91 bits per heavy atom. The number of amides is 1. The molecular weight excluding hydrogens is 456 g/mol. The van der Waals surface area contributed by atoms with Crippen molar-refractivity contribution >= 4 is 22.6 Å². The van der Waals surface area contributed by atoms with Gasteiger partial charge >= 0.3 is 6.18 Å². The summed E-state index contributed by atoms with van der Waals surface area (Å²) >= 11 is 0. The molecule has 2 saturated heterocycles. The van der Waals surface area contributed by atoms with Crippen LogP contribution in [0.4, 0.5) is 23.2 Å². The number of anilines is 1. The molecule has 2 fully saturated rings. The lowest BCUT2D eigenvalue weighted by molar-refractivity contribution is -0.234. The molecule has 1 N–H and O–H groups in total. The molecule has 2 aliphatic rings. The van der Waals surface area contributed by atoms with Crippen molar-refractivity contribution in [3.05, 3.63) is 30.1 Å². The van der Waals surface area contributed by atoms with Crippen LogP contribution in [0.15, 0.2) is 24.5 Å². The van der Waals surface area contributed by atoms with E-state index in [-0.39, 0.29) is 42.5 Å². The second kappa shape index (κ2) is 9.31. The summed E-state index contributed by atoms with van der Waals surface area (Å²) in [5.74, 6) is -0.807. The molecule has 3 heterocycles. The Kier molecular flexibility index (Phi) is 6.60. The summed E-state index contributed by atoms with van der Waals surface area (Å²) in [6.07, 6.45) is -5.22. The van der Waals surface area contributed by atoms with Crippen LogP contribution in [0.1, 0.15) is 18.4 Å². The first-order chi connectivity index (χ1) is 16.1. The van der Waals surface area contributed by atoms with Gasteiger partial charge in [0.25, 0.3) is 5.91 Å². The summed E-state index contributed by atoms with van der Waals surface area (Å²) in [5.41, 5.74) is -0.584. The predicted octanol–water partition coefficient (Wildman–Crippen LogP) is 2.19. The van der Waals surface area contributed by atoms with Gasteiger partial charge in [0.1, 0.15) is 22.8 Å². The zero-order valence-corrected chi connectivity index (χ0v) is 18.5. The van der Waals surface area contributed by atoms with Gasteiger partial charge in [-0.1, -0.05) is 0 Å². The molecule has 0 saturated carbocycles. The molecule has 0 bridgehead atoms. The molecule has 1 aromatic heterocycles. The van der Waals surface area contributed by atoms with Crippen LogP contribution in [-0.2, 0) is 9.53 Å². The number of piperidine rings is 1. The Labute approximate surface area is 193 Å². The van der Waals surface area contributed by atoms with E-state index in [0.29, 0.717) is 18.8 Å². The van der Waals surface area contributed by atoms with Gasteiger partial charge in [-0.3, -0.25) is 14.8 Å². The number of rotatable bonds is 4. The topological polar surface area (TPSA) is 94.4 Å². The lowest BCUT2D eigenvalue weighted by Gasteiger charge is -2.40. The van der Waals surface area contributed by atoms with Gasteiger partial charge in [-0.25, -0.2) is 4.39 Å².